The van der Waals surface area contributed by atoms with Crippen LogP contribution in [0.4, 0.5) is 5.82 Å². The first-order chi connectivity index (χ1) is 9.02. The van der Waals surface area contributed by atoms with Gasteiger partial charge >= 0.3 is 11.1 Å². The molecule has 100 valence electrons. The Morgan fingerprint density at radius 1 is 1.42 bits per heavy atom. The first kappa shape index (κ1) is 13.2. The summed E-state index contributed by atoms with van der Waals surface area (Å²) >= 11 is 1.13. The molecule has 0 aliphatic rings. The molecule has 19 heavy (non-hydrogen) atoms. The maximum absolute atomic E-state index is 11.2. The predicted molar refractivity (Wildman–Crippen MR) is 68.8 cm³/mol. The van der Waals surface area contributed by atoms with Crippen molar-refractivity contribution in [2.75, 3.05) is 5.43 Å². The van der Waals surface area contributed by atoms with Gasteiger partial charge in [-0.05, 0) is 18.7 Å². The maximum Gasteiger partial charge on any atom is 0.339 e. The number of hydrazine groups is 1. The van der Waals surface area contributed by atoms with E-state index in [1.165, 1.54) is 11.0 Å². The van der Waals surface area contributed by atoms with Crippen molar-refractivity contribution in [1.29, 1.82) is 0 Å². The Hall–Kier alpha value is -2.20. The summed E-state index contributed by atoms with van der Waals surface area (Å²) < 4.78 is 1.35. The van der Waals surface area contributed by atoms with Crippen molar-refractivity contribution < 1.29 is 0 Å². The second-order valence-corrected chi connectivity index (χ2v) is 4.55. The van der Waals surface area contributed by atoms with Crippen molar-refractivity contribution in [2.24, 2.45) is 12.9 Å². The Kier molecular flexibility index (Phi) is 3.62. The van der Waals surface area contributed by atoms with Gasteiger partial charge in [0.2, 0.25) is 0 Å². The molecular weight excluding hydrogens is 270 g/mol. The highest BCUT2D eigenvalue weighted by atomic mass is 32.2. The second kappa shape index (κ2) is 5.20. The summed E-state index contributed by atoms with van der Waals surface area (Å²) in [5.74, 6) is 5.80. The van der Waals surface area contributed by atoms with Crippen molar-refractivity contribution in [1.82, 2.24) is 24.7 Å². The highest BCUT2D eigenvalue weighted by Crippen LogP contribution is 2.27. The largest absolute Gasteiger partial charge is 0.339 e. The third-order valence-corrected chi connectivity index (χ3v) is 3.46. The number of aryl methyl sites for hydroxylation is 1. The SMILES string of the molecule is Cc1c(NN)ncnc1Sc1nc(=O)c(=O)[nH]n1C. The lowest BCUT2D eigenvalue weighted by Crippen LogP contribution is -2.33. The van der Waals surface area contributed by atoms with E-state index in [9.17, 15) is 9.59 Å². The number of rotatable bonds is 3. The molecule has 0 unspecified atom stereocenters. The predicted octanol–water partition coefficient (Wildman–Crippen LogP) is -0.996. The zero-order valence-electron chi connectivity index (χ0n) is 10.2. The Morgan fingerprint density at radius 3 is 2.84 bits per heavy atom. The number of nitrogens with one attached hydrogen (secondary N) is 2. The van der Waals surface area contributed by atoms with Crippen molar-refractivity contribution >= 4 is 17.6 Å². The van der Waals surface area contributed by atoms with E-state index in [1.54, 1.807) is 14.0 Å². The summed E-state index contributed by atoms with van der Waals surface area (Å²) in [5.41, 5.74) is 1.55. The lowest BCUT2D eigenvalue weighted by molar-refractivity contribution is 0.596. The van der Waals surface area contributed by atoms with Crippen LogP contribution >= 0.6 is 11.8 Å². The Morgan fingerprint density at radius 2 is 2.16 bits per heavy atom. The highest BCUT2D eigenvalue weighted by molar-refractivity contribution is 7.99. The van der Waals surface area contributed by atoms with Crippen LogP contribution in [0.25, 0.3) is 0 Å². The average Bonchev–Trinajstić information content (AvgIpc) is 2.38. The van der Waals surface area contributed by atoms with Gasteiger partial charge in [-0.25, -0.2) is 15.8 Å². The molecule has 0 spiro atoms. The highest BCUT2D eigenvalue weighted by Gasteiger charge is 2.11. The smallest absolute Gasteiger partial charge is 0.308 e. The summed E-state index contributed by atoms with van der Waals surface area (Å²) in [5, 5.41) is 3.25. The number of anilines is 1. The molecule has 2 heterocycles. The van der Waals surface area contributed by atoms with Crippen molar-refractivity contribution in [2.45, 2.75) is 17.1 Å². The number of aromatic amines is 1. The topological polar surface area (TPSA) is 132 Å². The number of nitrogens with two attached hydrogens (primary N) is 1. The molecule has 10 heteroatoms. The summed E-state index contributed by atoms with van der Waals surface area (Å²) in [7, 11) is 1.58. The number of aromatic nitrogens is 5. The number of nitrogens with zero attached hydrogens (tertiary/aromatic N) is 4. The molecule has 0 amide bonds. The summed E-state index contributed by atoms with van der Waals surface area (Å²) in [6.45, 7) is 1.78. The number of hydrogen-bond donors (Lipinski definition) is 3. The van der Waals surface area contributed by atoms with E-state index >= 15 is 0 Å². The van der Waals surface area contributed by atoms with Gasteiger partial charge in [0.1, 0.15) is 17.2 Å². The third kappa shape index (κ3) is 2.63. The van der Waals surface area contributed by atoms with E-state index in [4.69, 9.17) is 5.84 Å². The van der Waals surface area contributed by atoms with Gasteiger partial charge in [0.15, 0.2) is 5.16 Å². The lowest BCUT2D eigenvalue weighted by atomic mass is 10.3. The molecule has 0 fully saturated rings. The fourth-order valence-electron chi connectivity index (χ4n) is 1.32. The quantitative estimate of drug-likeness (QED) is 0.282. The van der Waals surface area contributed by atoms with Gasteiger partial charge in [0, 0.05) is 12.6 Å². The van der Waals surface area contributed by atoms with E-state index < -0.39 is 11.1 Å². The first-order valence-corrected chi connectivity index (χ1v) is 5.98. The van der Waals surface area contributed by atoms with Crippen LogP contribution in [0.3, 0.4) is 0 Å². The van der Waals surface area contributed by atoms with Crippen LogP contribution in [0.5, 0.6) is 0 Å². The molecule has 2 aromatic heterocycles. The Bertz CT molecular complexity index is 723. The number of hydrogen-bond acceptors (Lipinski definition) is 8. The minimum atomic E-state index is -0.843. The van der Waals surface area contributed by atoms with Gasteiger partial charge in [-0.1, -0.05) is 0 Å². The number of nitrogen functional groups attached to an aromatic ring is 1. The van der Waals surface area contributed by atoms with E-state index in [0.717, 1.165) is 17.3 Å². The molecular formula is C9H11N7O2S. The zero-order chi connectivity index (χ0) is 14.0. The third-order valence-electron chi connectivity index (χ3n) is 2.31. The molecule has 2 aromatic rings. The summed E-state index contributed by atoms with van der Waals surface area (Å²) in [4.78, 5) is 34.1. The summed E-state index contributed by atoms with van der Waals surface area (Å²) in [6, 6.07) is 0. The standard InChI is InChI=1S/C9H11N7O2S/c1-4-5(14-10)11-3-12-8(4)19-9-13-6(17)7(18)15-16(9)2/h3H,10H2,1-2H3,(H,15,18)(H,11,12,14). The van der Waals surface area contributed by atoms with E-state index in [1.807, 2.05) is 0 Å². The molecule has 0 saturated carbocycles. The van der Waals surface area contributed by atoms with Gasteiger partial charge in [-0.2, -0.15) is 4.98 Å². The van der Waals surface area contributed by atoms with Crippen molar-refractivity contribution in [3.8, 4) is 0 Å². The fraction of sp³-hybridized carbons (Fsp3) is 0.222. The molecule has 4 N–H and O–H groups in total. The zero-order valence-corrected chi connectivity index (χ0v) is 11.0. The molecule has 0 aliphatic carbocycles. The van der Waals surface area contributed by atoms with Crippen LogP contribution < -0.4 is 22.4 Å². The van der Waals surface area contributed by atoms with Crippen LogP contribution in [-0.2, 0) is 7.05 Å². The molecule has 0 aromatic carbocycles. The van der Waals surface area contributed by atoms with Crippen LogP contribution in [0.1, 0.15) is 5.56 Å². The Balaban J connectivity index is 2.45. The number of H-pyrrole nitrogens is 1. The monoisotopic (exact) mass is 281 g/mol. The molecule has 9 nitrogen and oxygen atoms in total. The minimum Gasteiger partial charge on any atom is -0.308 e. The summed E-state index contributed by atoms with van der Waals surface area (Å²) in [6.07, 6.45) is 1.34. The maximum atomic E-state index is 11.2. The van der Waals surface area contributed by atoms with E-state index in [2.05, 4.69) is 25.5 Å². The van der Waals surface area contributed by atoms with Crippen LogP contribution in [0.2, 0.25) is 0 Å². The van der Waals surface area contributed by atoms with Crippen molar-refractivity contribution in [3.63, 3.8) is 0 Å². The van der Waals surface area contributed by atoms with Crippen molar-refractivity contribution in [3.05, 3.63) is 32.6 Å². The van der Waals surface area contributed by atoms with Gasteiger partial charge in [-0.15, -0.1) is 0 Å². The lowest BCUT2D eigenvalue weighted by Gasteiger charge is -2.09. The Labute approximate surface area is 111 Å². The van der Waals surface area contributed by atoms with E-state index in [-0.39, 0.29) is 0 Å². The minimum absolute atomic E-state index is 0.314. The molecule has 0 saturated heterocycles. The van der Waals surface area contributed by atoms with Crippen LogP contribution in [0, 0.1) is 6.92 Å². The molecule has 2 rings (SSSR count). The molecule has 0 radical (unpaired) electrons. The second-order valence-electron chi connectivity index (χ2n) is 3.60. The molecule has 0 atom stereocenters. The van der Waals surface area contributed by atoms with Crippen LogP contribution in [0.15, 0.2) is 26.1 Å². The normalized spacial score (nSPS) is 10.5. The van der Waals surface area contributed by atoms with Crippen LogP contribution in [-0.4, -0.2) is 24.7 Å². The van der Waals surface area contributed by atoms with Gasteiger partial charge in [0.25, 0.3) is 0 Å². The first-order valence-electron chi connectivity index (χ1n) is 5.16. The van der Waals surface area contributed by atoms with E-state index in [0.29, 0.717) is 16.0 Å². The fourth-order valence-corrected chi connectivity index (χ4v) is 2.15. The van der Waals surface area contributed by atoms with Gasteiger partial charge in [-0.3, -0.25) is 19.4 Å². The van der Waals surface area contributed by atoms with Gasteiger partial charge in [0.05, 0.1) is 0 Å². The average molecular weight is 281 g/mol. The molecule has 0 aliphatic heterocycles. The van der Waals surface area contributed by atoms with Gasteiger partial charge < -0.3 is 5.43 Å². The molecule has 0 bridgehead atoms.